The smallest absolute Gasteiger partial charge is 0.414 e. The maximum absolute atomic E-state index is 12.2. The van der Waals surface area contributed by atoms with Crippen LogP contribution in [0.1, 0.15) is 33.1 Å². The highest BCUT2D eigenvalue weighted by atomic mass is 16.6. The topological polar surface area (TPSA) is 66.8 Å². The maximum Gasteiger partial charge on any atom is 0.414 e. The summed E-state index contributed by atoms with van der Waals surface area (Å²) in [7, 11) is 0. The van der Waals surface area contributed by atoms with Crippen LogP contribution in [0.15, 0.2) is 30.3 Å². The molecule has 110 valence electrons. The van der Waals surface area contributed by atoms with Crippen molar-refractivity contribution in [2.24, 2.45) is 0 Å². The van der Waals surface area contributed by atoms with Crippen molar-refractivity contribution in [3.63, 3.8) is 0 Å². The summed E-state index contributed by atoms with van der Waals surface area (Å²) in [4.78, 5) is 24.6. The molecule has 0 radical (unpaired) electrons. The maximum atomic E-state index is 12.2. The molecular weight excluding hydrogens is 258 g/mol. The third-order valence-corrected chi connectivity index (χ3v) is 2.90. The van der Waals surface area contributed by atoms with Crippen LogP contribution in [-0.2, 0) is 9.53 Å². The van der Waals surface area contributed by atoms with Crippen LogP contribution in [0.4, 0.5) is 10.5 Å². The van der Waals surface area contributed by atoms with E-state index in [1.807, 2.05) is 25.1 Å². The number of ether oxygens (including phenoxy) is 1. The van der Waals surface area contributed by atoms with E-state index in [4.69, 9.17) is 9.84 Å². The van der Waals surface area contributed by atoms with E-state index < -0.39 is 18.1 Å². The summed E-state index contributed by atoms with van der Waals surface area (Å²) in [6, 6.07) is 8.62. The molecule has 20 heavy (non-hydrogen) atoms. The van der Waals surface area contributed by atoms with E-state index in [1.165, 1.54) is 4.90 Å². The predicted octanol–water partition coefficient (Wildman–Crippen LogP) is 3.29. The van der Waals surface area contributed by atoms with E-state index in [1.54, 1.807) is 19.1 Å². The van der Waals surface area contributed by atoms with Crippen molar-refractivity contribution < 1.29 is 19.4 Å². The molecule has 0 fully saturated rings. The molecule has 1 amide bonds. The van der Waals surface area contributed by atoms with Crippen molar-refractivity contribution in [2.45, 2.75) is 39.2 Å². The van der Waals surface area contributed by atoms with Gasteiger partial charge in [-0.25, -0.2) is 4.79 Å². The highest BCUT2D eigenvalue weighted by Gasteiger charge is 2.27. The number of nitrogens with zero attached hydrogens (tertiary/aromatic N) is 1. The monoisotopic (exact) mass is 279 g/mol. The molecule has 1 N–H and O–H groups in total. The summed E-state index contributed by atoms with van der Waals surface area (Å²) >= 11 is 0. The molecule has 0 spiro atoms. The summed E-state index contributed by atoms with van der Waals surface area (Å²) in [5.41, 5.74) is 0.658. The second kappa shape index (κ2) is 8.19. The van der Waals surface area contributed by atoms with Crippen LogP contribution in [0.25, 0.3) is 0 Å². The van der Waals surface area contributed by atoms with Crippen LogP contribution in [0.3, 0.4) is 0 Å². The predicted molar refractivity (Wildman–Crippen MR) is 76.9 cm³/mol. The Hall–Kier alpha value is -2.04. The lowest BCUT2D eigenvalue weighted by Crippen LogP contribution is -2.42. The minimum absolute atomic E-state index is 0.0957. The number of para-hydroxylation sites is 1. The van der Waals surface area contributed by atoms with Gasteiger partial charge in [-0.15, -0.1) is 0 Å². The first-order chi connectivity index (χ1) is 9.60. The van der Waals surface area contributed by atoms with E-state index in [-0.39, 0.29) is 13.0 Å². The minimum atomic E-state index is -0.923. The van der Waals surface area contributed by atoms with Gasteiger partial charge < -0.3 is 9.84 Å². The first-order valence-electron chi connectivity index (χ1n) is 6.83. The summed E-state index contributed by atoms with van der Waals surface area (Å²) in [6.07, 6.45) is 0.806. The third-order valence-electron chi connectivity index (χ3n) is 2.90. The van der Waals surface area contributed by atoms with Crippen LogP contribution >= 0.6 is 0 Å². The van der Waals surface area contributed by atoms with Gasteiger partial charge in [-0.3, -0.25) is 9.69 Å². The van der Waals surface area contributed by atoms with Gasteiger partial charge in [0.25, 0.3) is 0 Å². The molecule has 1 unspecified atom stereocenters. The van der Waals surface area contributed by atoms with E-state index in [2.05, 4.69) is 0 Å². The highest BCUT2D eigenvalue weighted by Crippen LogP contribution is 2.22. The van der Waals surface area contributed by atoms with Crippen LogP contribution in [0.5, 0.6) is 0 Å². The molecule has 0 aliphatic heterocycles. The van der Waals surface area contributed by atoms with E-state index in [9.17, 15) is 9.59 Å². The zero-order valence-electron chi connectivity index (χ0n) is 11.9. The van der Waals surface area contributed by atoms with E-state index >= 15 is 0 Å². The number of carboxylic acids is 1. The lowest BCUT2D eigenvalue weighted by atomic mass is 10.1. The van der Waals surface area contributed by atoms with Gasteiger partial charge in [0.15, 0.2) is 0 Å². The molecule has 1 rings (SSSR count). The number of anilines is 1. The molecule has 0 aliphatic rings. The fourth-order valence-corrected chi connectivity index (χ4v) is 2.10. The van der Waals surface area contributed by atoms with Gasteiger partial charge in [-0.05, 0) is 25.5 Å². The average molecular weight is 279 g/mol. The van der Waals surface area contributed by atoms with Crippen molar-refractivity contribution in [1.29, 1.82) is 0 Å². The van der Waals surface area contributed by atoms with Crippen molar-refractivity contribution in [2.75, 3.05) is 11.5 Å². The van der Waals surface area contributed by atoms with Gasteiger partial charge in [-0.2, -0.15) is 0 Å². The van der Waals surface area contributed by atoms with Crippen LogP contribution < -0.4 is 4.90 Å². The van der Waals surface area contributed by atoms with E-state index in [0.717, 1.165) is 6.42 Å². The lowest BCUT2D eigenvalue weighted by molar-refractivity contribution is -0.137. The summed E-state index contributed by atoms with van der Waals surface area (Å²) in [6.45, 7) is 3.95. The van der Waals surface area contributed by atoms with Gasteiger partial charge >= 0.3 is 12.1 Å². The first-order valence-corrected chi connectivity index (χ1v) is 6.83. The Bertz CT molecular complexity index is 433. The zero-order chi connectivity index (χ0) is 15.0. The normalized spacial score (nSPS) is 11.7. The standard InChI is InChI=1S/C15H21NO4/c1-3-8-13(11-14(17)18)16(15(19)20-4-2)12-9-6-5-7-10-12/h5-7,9-10,13H,3-4,8,11H2,1-2H3,(H,17,18). The molecule has 0 aromatic heterocycles. The van der Waals surface area contributed by atoms with Gasteiger partial charge in [0.2, 0.25) is 0 Å². The van der Waals surface area contributed by atoms with Crippen molar-refractivity contribution in [1.82, 2.24) is 0 Å². The number of hydrogen-bond donors (Lipinski definition) is 1. The molecule has 0 saturated heterocycles. The minimum Gasteiger partial charge on any atom is -0.481 e. The Morgan fingerprint density at radius 1 is 1.25 bits per heavy atom. The third kappa shape index (κ3) is 4.57. The molecule has 1 aromatic carbocycles. The fraction of sp³-hybridized carbons (Fsp3) is 0.467. The number of amides is 1. The Morgan fingerprint density at radius 3 is 2.40 bits per heavy atom. The molecular formula is C15H21NO4. The SMILES string of the molecule is CCCC(CC(=O)O)N(C(=O)OCC)c1ccccc1. The molecule has 0 aliphatic carbocycles. The lowest BCUT2D eigenvalue weighted by Gasteiger charge is -2.30. The number of carbonyl (C=O) groups excluding carboxylic acids is 1. The van der Waals surface area contributed by atoms with E-state index in [0.29, 0.717) is 12.1 Å². The van der Waals surface area contributed by atoms with Crippen LogP contribution in [0, 0.1) is 0 Å². The van der Waals surface area contributed by atoms with Gasteiger partial charge in [-0.1, -0.05) is 31.5 Å². The molecule has 0 heterocycles. The molecule has 5 nitrogen and oxygen atoms in total. The quantitative estimate of drug-likeness (QED) is 0.831. The van der Waals surface area contributed by atoms with Crippen molar-refractivity contribution >= 4 is 17.7 Å². The van der Waals surface area contributed by atoms with Crippen LogP contribution in [-0.4, -0.2) is 29.8 Å². The number of rotatable bonds is 7. The van der Waals surface area contributed by atoms with Crippen molar-refractivity contribution in [3.8, 4) is 0 Å². The van der Waals surface area contributed by atoms with Crippen molar-refractivity contribution in [3.05, 3.63) is 30.3 Å². The number of hydrogen-bond acceptors (Lipinski definition) is 3. The molecule has 0 bridgehead atoms. The number of aliphatic carboxylic acids is 1. The Balaban J connectivity index is 3.06. The van der Waals surface area contributed by atoms with Gasteiger partial charge in [0, 0.05) is 5.69 Å². The summed E-state index contributed by atoms with van der Waals surface area (Å²) < 4.78 is 5.06. The van der Waals surface area contributed by atoms with Gasteiger partial charge in [0.1, 0.15) is 0 Å². The largest absolute Gasteiger partial charge is 0.481 e. The average Bonchev–Trinajstić information content (AvgIpc) is 2.40. The number of benzene rings is 1. The fourth-order valence-electron chi connectivity index (χ4n) is 2.10. The second-order valence-electron chi connectivity index (χ2n) is 4.44. The molecule has 1 aromatic rings. The summed E-state index contributed by atoms with van der Waals surface area (Å²) in [5.74, 6) is -0.923. The zero-order valence-corrected chi connectivity index (χ0v) is 11.9. The van der Waals surface area contributed by atoms with Crippen LogP contribution in [0.2, 0.25) is 0 Å². The number of carboxylic acid groups (broad SMARTS) is 1. The Morgan fingerprint density at radius 2 is 1.90 bits per heavy atom. The Labute approximate surface area is 119 Å². The Kier molecular flexibility index (Phi) is 6.56. The highest BCUT2D eigenvalue weighted by molar-refractivity contribution is 5.89. The second-order valence-corrected chi connectivity index (χ2v) is 4.44. The molecule has 1 atom stereocenters. The van der Waals surface area contributed by atoms with Gasteiger partial charge in [0.05, 0.1) is 19.1 Å². The summed E-state index contributed by atoms with van der Waals surface area (Å²) in [5, 5.41) is 9.04. The number of carbonyl (C=O) groups is 2. The first kappa shape index (κ1) is 16.0. The molecule has 5 heteroatoms. The molecule has 0 saturated carbocycles.